The van der Waals surface area contributed by atoms with E-state index in [0.717, 1.165) is 22.6 Å². The molecule has 0 radical (unpaired) electrons. The molecule has 1 heterocycles. The fourth-order valence-electron chi connectivity index (χ4n) is 2.77. The average molecular weight is 349 g/mol. The van der Waals surface area contributed by atoms with Crippen LogP contribution >= 0.6 is 0 Å². The number of rotatable bonds is 6. The molecule has 5 heteroatoms. The summed E-state index contributed by atoms with van der Waals surface area (Å²) in [5.74, 6) is 0.751. The number of benzene rings is 2. The molecule has 0 bridgehead atoms. The van der Waals surface area contributed by atoms with Crippen molar-refractivity contribution >= 4 is 5.91 Å². The van der Waals surface area contributed by atoms with E-state index in [9.17, 15) is 4.79 Å². The van der Waals surface area contributed by atoms with Crippen LogP contribution in [0.2, 0.25) is 0 Å². The van der Waals surface area contributed by atoms with Crippen LogP contribution in [0.25, 0.3) is 0 Å². The predicted molar refractivity (Wildman–Crippen MR) is 101 cm³/mol. The van der Waals surface area contributed by atoms with Crippen LogP contribution in [0.15, 0.2) is 54.7 Å². The Hall–Kier alpha value is -3.08. The summed E-state index contributed by atoms with van der Waals surface area (Å²) in [6, 6.07) is 15.5. The maximum Gasteiger partial charge on any atom is 0.251 e. The molecule has 3 rings (SSSR count). The monoisotopic (exact) mass is 349 g/mol. The Balaban J connectivity index is 1.62. The van der Waals surface area contributed by atoms with Crippen molar-refractivity contribution in [3.8, 4) is 5.75 Å². The minimum absolute atomic E-state index is 0.112. The number of nitrogens with one attached hydrogen (secondary N) is 1. The van der Waals surface area contributed by atoms with Crippen molar-refractivity contribution in [2.24, 2.45) is 7.05 Å². The molecule has 3 aromatic rings. The Kier molecular flexibility index (Phi) is 5.37. The lowest BCUT2D eigenvalue weighted by molar-refractivity contribution is 0.0950. The normalized spacial score (nSPS) is 10.6. The van der Waals surface area contributed by atoms with Crippen molar-refractivity contribution in [3.63, 3.8) is 0 Å². The number of hydrogen-bond acceptors (Lipinski definition) is 3. The zero-order chi connectivity index (χ0) is 18.5. The number of carbonyl (C=O) groups is 1. The zero-order valence-electron chi connectivity index (χ0n) is 15.3. The SMILES string of the molecule is Cc1ccc(OCc2cccc(C(=O)NCc3ccnn3C)c2)c(C)c1. The van der Waals surface area contributed by atoms with E-state index < -0.39 is 0 Å². The van der Waals surface area contributed by atoms with Crippen LogP contribution in [0.5, 0.6) is 5.75 Å². The van der Waals surface area contributed by atoms with E-state index in [0.29, 0.717) is 18.7 Å². The Morgan fingerprint density at radius 2 is 2.00 bits per heavy atom. The molecule has 0 fully saturated rings. The standard InChI is InChI=1S/C21H23N3O2/c1-15-7-8-20(16(2)11-15)26-14-17-5-4-6-18(12-17)21(25)22-13-19-9-10-23-24(19)3/h4-12H,13-14H2,1-3H3,(H,22,25). The van der Waals surface area contributed by atoms with Crippen LogP contribution < -0.4 is 10.1 Å². The molecule has 5 nitrogen and oxygen atoms in total. The van der Waals surface area contributed by atoms with E-state index in [1.54, 1.807) is 16.9 Å². The third-order valence-corrected chi connectivity index (χ3v) is 4.27. The number of hydrogen-bond donors (Lipinski definition) is 1. The van der Waals surface area contributed by atoms with Crippen LogP contribution in [-0.4, -0.2) is 15.7 Å². The van der Waals surface area contributed by atoms with E-state index in [1.165, 1.54) is 5.56 Å². The molecule has 26 heavy (non-hydrogen) atoms. The topological polar surface area (TPSA) is 56.1 Å². The summed E-state index contributed by atoms with van der Waals surface area (Å²) in [5, 5.41) is 7.01. The van der Waals surface area contributed by atoms with Gasteiger partial charge in [-0.05, 0) is 49.2 Å². The molecule has 1 aromatic heterocycles. The van der Waals surface area contributed by atoms with E-state index in [1.807, 2.05) is 50.4 Å². The Labute approximate surface area is 153 Å². The van der Waals surface area contributed by atoms with Gasteiger partial charge in [0.2, 0.25) is 0 Å². The Bertz CT molecular complexity index is 915. The second-order valence-electron chi connectivity index (χ2n) is 6.39. The maximum absolute atomic E-state index is 12.4. The molecular weight excluding hydrogens is 326 g/mol. The van der Waals surface area contributed by atoms with Gasteiger partial charge in [-0.3, -0.25) is 9.48 Å². The average Bonchev–Trinajstić information content (AvgIpc) is 3.04. The highest BCUT2D eigenvalue weighted by Crippen LogP contribution is 2.20. The maximum atomic E-state index is 12.4. The highest BCUT2D eigenvalue weighted by molar-refractivity contribution is 5.94. The number of nitrogens with zero attached hydrogens (tertiary/aromatic N) is 2. The predicted octanol–water partition coefficient (Wildman–Crippen LogP) is 3.55. The molecule has 1 amide bonds. The van der Waals surface area contributed by atoms with E-state index in [2.05, 4.69) is 23.4 Å². The minimum atomic E-state index is -0.112. The third-order valence-electron chi connectivity index (χ3n) is 4.27. The van der Waals surface area contributed by atoms with Gasteiger partial charge in [-0.1, -0.05) is 29.8 Å². The van der Waals surface area contributed by atoms with Crippen LogP contribution in [-0.2, 0) is 20.2 Å². The molecule has 1 N–H and O–H groups in total. The first kappa shape index (κ1) is 17.7. The largest absolute Gasteiger partial charge is 0.489 e. The summed E-state index contributed by atoms with van der Waals surface area (Å²) in [4.78, 5) is 12.4. The lowest BCUT2D eigenvalue weighted by atomic mass is 10.1. The van der Waals surface area contributed by atoms with Gasteiger partial charge in [-0.2, -0.15) is 5.10 Å². The molecule has 0 aliphatic heterocycles. The van der Waals surface area contributed by atoms with Gasteiger partial charge >= 0.3 is 0 Å². The van der Waals surface area contributed by atoms with Crippen molar-refractivity contribution in [2.75, 3.05) is 0 Å². The summed E-state index contributed by atoms with van der Waals surface area (Å²) in [6.45, 7) is 4.96. The first-order valence-electron chi connectivity index (χ1n) is 8.57. The fourth-order valence-corrected chi connectivity index (χ4v) is 2.77. The lowest BCUT2D eigenvalue weighted by Crippen LogP contribution is -2.24. The molecule has 0 saturated heterocycles. The van der Waals surface area contributed by atoms with Gasteiger partial charge in [0.25, 0.3) is 5.91 Å². The van der Waals surface area contributed by atoms with Crippen molar-refractivity contribution < 1.29 is 9.53 Å². The molecule has 2 aromatic carbocycles. The minimum Gasteiger partial charge on any atom is -0.489 e. The van der Waals surface area contributed by atoms with Gasteiger partial charge in [0.05, 0.1) is 12.2 Å². The second-order valence-corrected chi connectivity index (χ2v) is 6.39. The summed E-state index contributed by atoms with van der Waals surface area (Å²) in [7, 11) is 1.85. The van der Waals surface area contributed by atoms with Crippen molar-refractivity contribution in [1.82, 2.24) is 15.1 Å². The number of amides is 1. The second kappa shape index (κ2) is 7.87. The molecule has 0 spiro atoms. The van der Waals surface area contributed by atoms with Crippen molar-refractivity contribution in [2.45, 2.75) is 27.0 Å². The van der Waals surface area contributed by atoms with Crippen LogP contribution in [0.1, 0.15) is 32.7 Å². The number of aryl methyl sites for hydroxylation is 3. The first-order valence-corrected chi connectivity index (χ1v) is 8.57. The smallest absolute Gasteiger partial charge is 0.251 e. The van der Waals surface area contributed by atoms with E-state index in [-0.39, 0.29) is 5.91 Å². The zero-order valence-corrected chi connectivity index (χ0v) is 15.3. The summed E-state index contributed by atoms with van der Waals surface area (Å²) < 4.78 is 7.65. The van der Waals surface area contributed by atoms with Crippen LogP contribution in [0.3, 0.4) is 0 Å². The van der Waals surface area contributed by atoms with Crippen LogP contribution in [0, 0.1) is 13.8 Å². The summed E-state index contributed by atoms with van der Waals surface area (Å²) in [5.41, 5.74) is 4.84. The van der Waals surface area contributed by atoms with E-state index in [4.69, 9.17) is 4.74 Å². The third kappa shape index (κ3) is 4.30. The molecular formula is C21H23N3O2. The molecule has 0 aliphatic carbocycles. The Morgan fingerprint density at radius 3 is 2.73 bits per heavy atom. The van der Waals surface area contributed by atoms with Gasteiger partial charge in [0, 0.05) is 18.8 Å². The highest BCUT2D eigenvalue weighted by Gasteiger charge is 2.08. The van der Waals surface area contributed by atoms with E-state index >= 15 is 0 Å². The first-order chi connectivity index (χ1) is 12.5. The molecule has 134 valence electrons. The molecule has 0 atom stereocenters. The molecule has 0 unspecified atom stereocenters. The van der Waals surface area contributed by atoms with Gasteiger partial charge in [0.15, 0.2) is 0 Å². The quantitative estimate of drug-likeness (QED) is 0.740. The van der Waals surface area contributed by atoms with Gasteiger partial charge < -0.3 is 10.1 Å². The number of carbonyl (C=O) groups excluding carboxylic acids is 1. The van der Waals surface area contributed by atoms with Gasteiger partial charge in [-0.15, -0.1) is 0 Å². The molecule has 0 aliphatic rings. The molecule has 0 saturated carbocycles. The lowest BCUT2D eigenvalue weighted by Gasteiger charge is -2.11. The summed E-state index contributed by atoms with van der Waals surface area (Å²) in [6.07, 6.45) is 1.71. The Morgan fingerprint density at radius 1 is 1.15 bits per heavy atom. The van der Waals surface area contributed by atoms with Gasteiger partial charge in [0.1, 0.15) is 12.4 Å². The number of aromatic nitrogens is 2. The van der Waals surface area contributed by atoms with Crippen LogP contribution in [0.4, 0.5) is 0 Å². The fraction of sp³-hybridized carbons (Fsp3) is 0.238. The van der Waals surface area contributed by atoms with Crippen molar-refractivity contribution in [3.05, 3.63) is 82.7 Å². The van der Waals surface area contributed by atoms with Gasteiger partial charge in [-0.25, -0.2) is 0 Å². The van der Waals surface area contributed by atoms with Crippen molar-refractivity contribution in [1.29, 1.82) is 0 Å². The number of ether oxygens (including phenoxy) is 1. The highest BCUT2D eigenvalue weighted by atomic mass is 16.5. The summed E-state index contributed by atoms with van der Waals surface area (Å²) >= 11 is 0.